The van der Waals surface area contributed by atoms with Crippen molar-refractivity contribution in [1.29, 1.82) is 0 Å². The first-order chi connectivity index (χ1) is 5.13. The van der Waals surface area contributed by atoms with Gasteiger partial charge in [-0.3, -0.25) is 4.99 Å². The highest BCUT2D eigenvalue weighted by Crippen LogP contribution is 1.82. The fourth-order valence-electron chi connectivity index (χ4n) is 0.725. The molecule has 0 aliphatic carbocycles. The van der Waals surface area contributed by atoms with E-state index in [1.807, 2.05) is 6.92 Å². The Kier molecular flexibility index (Phi) is 5.84. The number of nitrogens with two attached hydrogens (primary N) is 1. The van der Waals surface area contributed by atoms with Crippen LogP contribution < -0.4 is 11.1 Å². The normalized spacial score (nSPS) is 12.5. The van der Waals surface area contributed by atoms with Gasteiger partial charge in [0.2, 0.25) is 0 Å². The van der Waals surface area contributed by atoms with E-state index in [1.54, 1.807) is 0 Å². The summed E-state index contributed by atoms with van der Waals surface area (Å²) in [7, 11) is 0. The van der Waals surface area contributed by atoms with Crippen LogP contribution in [0.25, 0.3) is 0 Å². The topological polar surface area (TPSA) is 50.4 Å². The van der Waals surface area contributed by atoms with Gasteiger partial charge in [-0.15, -0.1) is 0 Å². The molecule has 0 aromatic rings. The highest BCUT2D eigenvalue weighted by Gasteiger charge is 1.89. The van der Waals surface area contributed by atoms with E-state index >= 15 is 0 Å². The molecule has 11 heavy (non-hydrogen) atoms. The van der Waals surface area contributed by atoms with E-state index in [-0.39, 0.29) is 0 Å². The molecule has 0 heterocycles. The maximum Gasteiger partial charge on any atom is 0.0905 e. The fraction of sp³-hybridized carbons (Fsp3) is 0.875. The van der Waals surface area contributed by atoms with Crippen LogP contribution in [-0.4, -0.2) is 25.0 Å². The van der Waals surface area contributed by atoms with E-state index in [2.05, 4.69) is 24.2 Å². The number of hydrogen-bond acceptors (Lipinski definition) is 2. The first-order valence-corrected chi connectivity index (χ1v) is 4.13. The Morgan fingerprint density at radius 1 is 1.55 bits per heavy atom. The van der Waals surface area contributed by atoms with Crippen molar-refractivity contribution >= 4 is 5.84 Å². The van der Waals surface area contributed by atoms with Crippen LogP contribution in [0.2, 0.25) is 0 Å². The predicted octanol–water partition coefficient (Wildman–Crippen LogP) is 0.752. The van der Waals surface area contributed by atoms with Gasteiger partial charge < -0.3 is 11.1 Å². The predicted molar refractivity (Wildman–Crippen MR) is 49.9 cm³/mol. The third-order valence-electron chi connectivity index (χ3n) is 1.25. The smallest absolute Gasteiger partial charge is 0.0905 e. The van der Waals surface area contributed by atoms with E-state index in [9.17, 15) is 0 Å². The average molecular weight is 157 g/mol. The molecular formula is C8H19N3. The third kappa shape index (κ3) is 9.43. The summed E-state index contributed by atoms with van der Waals surface area (Å²) in [4.78, 5) is 4.08. The van der Waals surface area contributed by atoms with Crippen LogP contribution in [0, 0.1) is 0 Å². The van der Waals surface area contributed by atoms with Gasteiger partial charge in [-0.1, -0.05) is 13.8 Å². The van der Waals surface area contributed by atoms with Crippen LogP contribution >= 0.6 is 0 Å². The molecule has 3 heteroatoms. The summed E-state index contributed by atoms with van der Waals surface area (Å²) in [6, 6.07) is 0.568. The highest BCUT2D eigenvalue weighted by atomic mass is 14.9. The molecule has 3 N–H and O–H groups in total. The first kappa shape index (κ1) is 10.4. The molecule has 0 aliphatic heterocycles. The lowest BCUT2D eigenvalue weighted by atomic mass is 10.3. The number of hydrogen-bond donors (Lipinski definition) is 2. The molecule has 0 amide bonds. The molecular weight excluding hydrogens is 138 g/mol. The molecule has 0 aromatic heterocycles. The highest BCUT2D eigenvalue weighted by molar-refractivity contribution is 5.77. The SMILES string of the molecule is CC(N)=NCCCNC(C)C. The third-order valence-corrected chi connectivity index (χ3v) is 1.25. The maximum atomic E-state index is 5.36. The summed E-state index contributed by atoms with van der Waals surface area (Å²) < 4.78 is 0. The molecule has 0 rings (SSSR count). The van der Waals surface area contributed by atoms with Crippen molar-refractivity contribution in [3.63, 3.8) is 0 Å². The van der Waals surface area contributed by atoms with Crippen molar-refractivity contribution in [2.75, 3.05) is 13.1 Å². The lowest BCUT2D eigenvalue weighted by molar-refractivity contribution is 0.574. The molecule has 0 aliphatic rings. The van der Waals surface area contributed by atoms with Gasteiger partial charge in [0.15, 0.2) is 0 Å². The van der Waals surface area contributed by atoms with Gasteiger partial charge in [0.05, 0.1) is 5.84 Å². The summed E-state index contributed by atoms with van der Waals surface area (Å²) in [5, 5.41) is 3.31. The molecule has 0 saturated heterocycles. The number of aliphatic imine (C=N–C) groups is 1. The monoisotopic (exact) mass is 157 g/mol. The van der Waals surface area contributed by atoms with E-state index in [0.717, 1.165) is 19.5 Å². The van der Waals surface area contributed by atoms with Gasteiger partial charge in [0, 0.05) is 12.6 Å². The summed E-state index contributed by atoms with van der Waals surface area (Å²) in [5.74, 6) is 0.676. The zero-order valence-electron chi connectivity index (χ0n) is 7.72. The Labute approximate surface area is 69.1 Å². The number of rotatable bonds is 5. The summed E-state index contributed by atoms with van der Waals surface area (Å²) in [5.41, 5.74) is 5.36. The summed E-state index contributed by atoms with van der Waals surface area (Å²) >= 11 is 0. The first-order valence-electron chi connectivity index (χ1n) is 4.13. The van der Waals surface area contributed by atoms with Crippen LogP contribution in [0.4, 0.5) is 0 Å². The van der Waals surface area contributed by atoms with Gasteiger partial charge in [0.1, 0.15) is 0 Å². The van der Waals surface area contributed by atoms with Crippen molar-refractivity contribution in [2.45, 2.75) is 33.2 Å². The molecule has 0 saturated carbocycles. The molecule has 0 radical (unpaired) electrons. The van der Waals surface area contributed by atoms with Crippen molar-refractivity contribution in [3.8, 4) is 0 Å². The van der Waals surface area contributed by atoms with Crippen LogP contribution in [0.1, 0.15) is 27.2 Å². The van der Waals surface area contributed by atoms with Crippen LogP contribution in [0.15, 0.2) is 4.99 Å². The van der Waals surface area contributed by atoms with Crippen molar-refractivity contribution < 1.29 is 0 Å². The van der Waals surface area contributed by atoms with Crippen LogP contribution in [0.5, 0.6) is 0 Å². The zero-order chi connectivity index (χ0) is 8.69. The molecule has 0 atom stereocenters. The van der Waals surface area contributed by atoms with Gasteiger partial charge in [-0.2, -0.15) is 0 Å². The molecule has 0 spiro atoms. The minimum atomic E-state index is 0.568. The fourth-order valence-corrected chi connectivity index (χ4v) is 0.725. The Morgan fingerprint density at radius 2 is 2.18 bits per heavy atom. The second-order valence-corrected chi connectivity index (χ2v) is 2.99. The minimum absolute atomic E-state index is 0.568. The van der Waals surface area contributed by atoms with E-state index < -0.39 is 0 Å². The van der Waals surface area contributed by atoms with E-state index in [0.29, 0.717) is 11.9 Å². The van der Waals surface area contributed by atoms with Gasteiger partial charge >= 0.3 is 0 Å². The largest absolute Gasteiger partial charge is 0.388 e. The standard InChI is InChI=1S/C8H19N3/c1-7(2)10-5-4-6-11-8(3)9/h7,10H,4-6H2,1-3H3,(H2,9,11). The average Bonchev–Trinajstić information content (AvgIpc) is 1.85. The van der Waals surface area contributed by atoms with E-state index in [4.69, 9.17) is 5.73 Å². The van der Waals surface area contributed by atoms with Crippen molar-refractivity contribution in [1.82, 2.24) is 5.32 Å². The molecule has 0 fully saturated rings. The van der Waals surface area contributed by atoms with Gasteiger partial charge in [0.25, 0.3) is 0 Å². The quantitative estimate of drug-likeness (QED) is 0.351. The maximum absolute atomic E-state index is 5.36. The van der Waals surface area contributed by atoms with Gasteiger partial charge in [-0.05, 0) is 19.9 Å². The minimum Gasteiger partial charge on any atom is -0.388 e. The Balaban J connectivity index is 3.09. The zero-order valence-corrected chi connectivity index (χ0v) is 7.72. The van der Waals surface area contributed by atoms with Crippen molar-refractivity contribution in [3.05, 3.63) is 0 Å². The molecule has 0 bridgehead atoms. The molecule has 66 valence electrons. The second-order valence-electron chi connectivity index (χ2n) is 2.99. The van der Waals surface area contributed by atoms with Crippen LogP contribution in [0.3, 0.4) is 0 Å². The number of amidine groups is 1. The Morgan fingerprint density at radius 3 is 2.64 bits per heavy atom. The van der Waals surface area contributed by atoms with Gasteiger partial charge in [-0.25, -0.2) is 0 Å². The Bertz CT molecular complexity index is 115. The van der Waals surface area contributed by atoms with E-state index in [1.165, 1.54) is 0 Å². The number of nitrogens with one attached hydrogen (secondary N) is 1. The summed E-state index contributed by atoms with van der Waals surface area (Å²) in [6.45, 7) is 7.95. The lowest BCUT2D eigenvalue weighted by Crippen LogP contribution is -2.24. The number of nitrogens with zero attached hydrogens (tertiary/aromatic N) is 1. The Hall–Kier alpha value is -0.570. The van der Waals surface area contributed by atoms with Crippen LogP contribution in [-0.2, 0) is 0 Å². The molecule has 3 nitrogen and oxygen atoms in total. The summed E-state index contributed by atoms with van der Waals surface area (Å²) in [6.07, 6.45) is 1.06. The lowest BCUT2D eigenvalue weighted by Gasteiger charge is -2.05. The van der Waals surface area contributed by atoms with Crippen molar-refractivity contribution in [2.24, 2.45) is 10.7 Å². The molecule has 0 unspecified atom stereocenters. The molecule has 0 aromatic carbocycles. The second kappa shape index (κ2) is 6.16.